The molecule has 2 aromatic carbocycles. The highest BCUT2D eigenvalue weighted by Crippen LogP contribution is 2.26. The van der Waals surface area contributed by atoms with E-state index in [4.69, 9.17) is 16.3 Å². The summed E-state index contributed by atoms with van der Waals surface area (Å²) in [7, 11) is 3.31. The van der Waals surface area contributed by atoms with E-state index in [1.54, 1.807) is 37.3 Å². The number of nitrogens with zero attached hydrogens (tertiary/aromatic N) is 1. The zero-order valence-electron chi connectivity index (χ0n) is 11.1. The highest BCUT2D eigenvalue weighted by molar-refractivity contribution is 9.10. The van der Waals surface area contributed by atoms with Crippen molar-refractivity contribution >= 4 is 39.1 Å². The second-order valence-electron chi connectivity index (χ2n) is 4.19. The van der Waals surface area contributed by atoms with Crippen LogP contribution in [-0.4, -0.2) is 20.1 Å². The smallest absolute Gasteiger partial charge is 0.259 e. The number of halogens is 2. The van der Waals surface area contributed by atoms with Gasteiger partial charge in [0.2, 0.25) is 0 Å². The quantitative estimate of drug-likeness (QED) is 0.818. The third kappa shape index (κ3) is 3.14. The van der Waals surface area contributed by atoms with Gasteiger partial charge in [-0.2, -0.15) is 0 Å². The second kappa shape index (κ2) is 6.29. The fourth-order valence-electron chi connectivity index (χ4n) is 1.78. The van der Waals surface area contributed by atoms with Gasteiger partial charge in [-0.3, -0.25) is 4.79 Å². The molecule has 5 heteroatoms. The molecule has 0 saturated carbocycles. The highest BCUT2D eigenvalue weighted by atomic mass is 79.9. The average Bonchev–Trinajstić information content (AvgIpc) is 2.46. The lowest BCUT2D eigenvalue weighted by Crippen LogP contribution is -2.26. The summed E-state index contributed by atoms with van der Waals surface area (Å²) in [4.78, 5) is 14.1. The standard InChI is InChI=1S/C15H13BrClNO2/c1-18(11-4-3-5-12(9-11)20-2)15(19)13-7-6-10(17)8-14(13)16/h3-9H,1-2H3. The van der Waals surface area contributed by atoms with Crippen molar-refractivity contribution in [2.45, 2.75) is 0 Å². The Morgan fingerprint density at radius 1 is 1.25 bits per heavy atom. The predicted molar refractivity (Wildman–Crippen MR) is 84.9 cm³/mol. The second-order valence-corrected chi connectivity index (χ2v) is 5.48. The van der Waals surface area contributed by atoms with Crippen LogP contribution >= 0.6 is 27.5 Å². The molecule has 0 atom stereocenters. The van der Waals surface area contributed by atoms with Gasteiger partial charge in [0.05, 0.1) is 12.7 Å². The number of amides is 1. The van der Waals surface area contributed by atoms with Gasteiger partial charge in [-0.25, -0.2) is 0 Å². The lowest BCUT2D eigenvalue weighted by molar-refractivity contribution is 0.0992. The fraction of sp³-hybridized carbons (Fsp3) is 0.133. The predicted octanol–water partition coefficient (Wildman–Crippen LogP) is 4.39. The number of methoxy groups -OCH3 is 1. The molecule has 0 aliphatic heterocycles. The van der Waals surface area contributed by atoms with Crippen molar-refractivity contribution in [1.82, 2.24) is 0 Å². The van der Waals surface area contributed by atoms with E-state index in [1.807, 2.05) is 24.3 Å². The van der Waals surface area contributed by atoms with Crippen molar-refractivity contribution in [3.63, 3.8) is 0 Å². The van der Waals surface area contributed by atoms with E-state index in [1.165, 1.54) is 0 Å². The van der Waals surface area contributed by atoms with Crippen molar-refractivity contribution < 1.29 is 9.53 Å². The topological polar surface area (TPSA) is 29.5 Å². The van der Waals surface area contributed by atoms with Crippen LogP contribution in [0, 0.1) is 0 Å². The van der Waals surface area contributed by atoms with Gasteiger partial charge in [0.1, 0.15) is 5.75 Å². The molecule has 3 nitrogen and oxygen atoms in total. The Morgan fingerprint density at radius 3 is 2.65 bits per heavy atom. The van der Waals surface area contributed by atoms with Crippen LogP contribution in [0.1, 0.15) is 10.4 Å². The number of hydrogen-bond acceptors (Lipinski definition) is 2. The van der Waals surface area contributed by atoms with Gasteiger partial charge in [-0.15, -0.1) is 0 Å². The first-order valence-corrected chi connectivity index (χ1v) is 7.07. The third-order valence-electron chi connectivity index (χ3n) is 2.91. The molecule has 0 aromatic heterocycles. The lowest BCUT2D eigenvalue weighted by atomic mass is 10.2. The third-order valence-corrected chi connectivity index (χ3v) is 3.80. The molecule has 0 heterocycles. The van der Waals surface area contributed by atoms with E-state index >= 15 is 0 Å². The Bertz CT molecular complexity index is 646. The van der Waals surface area contributed by atoms with E-state index in [9.17, 15) is 4.79 Å². The Hall–Kier alpha value is -1.52. The SMILES string of the molecule is COc1cccc(N(C)C(=O)c2ccc(Cl)cc2Br)c1. The minimum atomic E-state index is -0.123. The molecule has 0 aliphatic rings. The van der Waals surface area contributed by atoms with Gasteiger partial charge in [0.15, 0.2) is 0 Å². The number of anilines is 1. The number of carbonyl (C=O) groups is 1. The van der Waals surface area contributed by atoms with E-state index < -0.39 is 0 Å². The number of rotatable bonds is 3. The van der Waals surface area contributed by atoms with Crippen LogP contribution in [0.5, 0.6) is 5.75 Å². The van der Waals surface area contributed by atoms with Gasteiger partial charge in [-0.1, -0.05) is 17.7 Å². The summed E-state index contributed by atoms with van der Waals surface area (Å²) in [5.74, 6) is 0.583. The number of hydrogen-bond donors (Lipinski definition) is 0. The summed E-state index contributed by atoms with van der Waals surface area (Å²) in [5.41, 5.74) is 1.32. The molecule has 0 bridgehead atoms. The Morgan fingerprint density at radius 2 is 2.00 bits per heavy atom. The van der Waals surface area contributed by atoms with Gasteiger partial charge in [0, 0.05) is 28.3 Å². The van der Waals surface area contributed by atoms with Gasteiger partial charge < -0.3 is 9.64 Å². The molecule has 20 heavy (non-hydrogen) atoms. The summed E-state index contributed by atoms with van der Waals surface area (Å²) in [6, 6.07) is 12.4. The summed E-state index contributed by atoms with van der Waals surface area (Å²) in [5, 5.41) is 0.581. The van der Waals surface area contributed by atoms with E-state index in [2.05, 4.69) is 15.9 Å². The van der Waals surface area contributed by atoms with Crippen molar-refractivity contribution in [2.24, 2.45) is 0 Å². The van der Waals surface area contributed by atoms with Gasteiger partial charge >= 0.3 is 0 Å². The van der Waals surface area contributed by atoms with Gasteiger partial charge in [-0.05, 0) is 46.3 Å². The Kier molecular flexibility index (Phi) is 4.68. The molecule has 0 N–H and O–H groups in total. The molecule has 1 amide bonds. The van der Waals surface area contributed by atoms with Crippen LogP contribution < -0.4 is 9.64 Å². The Balaban J connectivity index is 2.32. The molecule has 0 radical (unpaired) electrons. The van der Waals surface area contributed by atoms with Crippen LogP contribution in [-0.2, 0) is 0 Å². The molecule has 0 aliphatic carbocycles. The lowest BCUT2D eigenvalue weighted by Gasteiger charge is -2.18. The number of carbonyl (C=O) groups excluding carboxylic acids is 1. The van der Waals surface area contributed by atoms with E-state index in [-0.39, 0.29) is 5.91 Å². The molecular weight excluding hydrogens is 342 g/mol. The van der Waals surface area contributed by atoms with Crippen LogP contribution in [0.25, 0.3) is 0 Å². The molecule has 0 saturated heterocycles. The summed E-state index contributed by atoms with van der Waals surface area (Å²) < 4.78 is 5.84. The highest BCUT2D eigenvalue weighted by Gasteiger charge is 2.16. The minimum Gasteiger partial charge on any atom is -0.497 e. The molecule has 2 aromatic rings. The molecule has 0 unspecified atom stereocenters. The molecule has 104 valence electrons. The van der Waals surface area contributed by atoms with Crippen molar-refractivity contribution in [1.29, 1.82) is 0 Å². The largest absolute Gasteiger partial charge is 0.497 e. The maximum absolute atomic E-state index is 12.5. The number of ether oxygens (including phenoxy) is 1. The van der Waals surface area contributed by atoms with Crippen molar-refractivity contribution in [3.8, 4) is 5.75 Å². The molecule has 2 rings (SSSR count). The molecule has 0 spiro atoms. The maximum atomic E-state index is 12.5. The zero-order valence-corrected chi connectivity index (χ0v) is 13.4. The number of benzene rings is 2. The molecule has 0 fully saturated rings. The van der Waals surface area contributed by atoms with Gasteiger partial charge in [0.25, 0.3) is 5.91 Å². The first-order valence-electron chi connectivity index (χ1n) is 5.90. The van der Waals surface area contributed by atoms with E-state index in [0.29, 0.717) is 20.8 Å². The monoisotopic (exact) mass is 353 g/mol. The van der Waals surface area contributed by atoms with Crippen LogP contribution in [0.2, 0.25) is 5.02 Å². The average molecular weight is 355 g/mol. The van der Waals surface area contributed by atoms with Crippen molar-refractivity contribution in [3.05, 3.63) is 57.5 Å². The first kappa shape index (κ1) is 14.9. The van der Waals surface area contributed by atoms with Crippen molar-refractivity contribution in [2.75, 3.05) is 19.1 Å². The fourth-order valence-corrected chi connectivity index (χ4v) is 2.63. The summed E-state index contributed by atoms with van der Waals surface area (Å²) >= 11 is 9.25. The Labute approximate surface area is 131 Å². The summed E-state index contributed by atoms with van der Waals surface area (Å²) in [6.07, 6.45) is 0. The maximum Gasteiger partial charge on any atom is 0.259 e. The van der Waals surface area contributed by atoms with Crippen LogP contribution in [0.3, 0.4) is 0 Å². The van der Waals surface area contributed by atoms with E-state index in [0.717, 1.165) is 5.69 Å². The minimum absolute atomic E-state index is 0.123. The van der Waals surface area contributed by atoms with Crippen LogP contribution in [0.4, 0.5) is 5.69 Å². The van der Waals surface area contributed by atoms with Crippen LogP contribution in [0.15, 0.2) is 46.9 Å². The first-order chi connectivity index (χ1) is 9.52. The zero-order chi connectivity index (χ0) is 14.7. The molecular formula is C15H13BrClNO2. The summed E-state index contributed by atoms with van der Waals surface area (Å²) in [6.45, 7) is 0. The normalized spacial score (nSPS) is 10.2.